The monoisotopic (exact) mass is 277 g/mol. The molecular formula is C15H20ClN3. The van der Waals surface area contributed by atoms with Gasteiger partial charge in [-0.1, -0.05) is 19.3 Å². The third kappa shape index (κ3) is 2.48. The molecule has 0 aliphatic heterocycles. The van der Waals surface area contributed by atoms with Crippen LogP contribution in [-0.4, -0.2) is 20.4 Å². The summed E-state index contributed by atoms with van der Waals surface area (Å²) in [4.78, 5) is 9.45. The van der Waals surface area contributed by atoms with Gasteiger partial charge in [-0.15, -0.1) is 11.6 Å². The highest BCUT2D eigenvalue weighted by molar-refractivity contribution is 6.17. The molecule has 0 amide bonds. The number of alkyl halides is 1. The molecule has 3 nitrogen and oxygen atoms in total. The molecule has 1 aliphatic rings. The molecule has 1 saturated carbocycles. The van der Waals surface area contributed by atoms with Gasteiger partial charge in [-0.25, -0.2) is 9.97 Å². The average molecular weight is 278 g/mol. The molecule has 4 heteroatoms. The molecule has 0 spiro atoms. The van der Waals surface area contributed by atoms with Crippen molar-refractivity contribution < 1.29 is 0 Å². The number of hydrogen-bond donors (Lipinski definition) is 0. The Bertz CT molecular complexity index is 570. The second-order valence-corrected chi connectivity index (χ2v) is 5.80. The number of imidazole rings is 1. The average Bonchev–Trinajstić information content (AvgIpc) is 2.77. The summed E-state index contributed by atoms with van der Waals surface area (Å²) in [6, 6.07) is 4.67. The summed E-state index contributed by atoms with van der Waals surface area (Å²) < 4.78 is 2.36. The molecule has 0 aromatic carbocycles. The summed E-state index contributed by atoms with van der Waals surface area (Å²) >= 11 is 5.93. The SMILES string of the molecule is Cc1ccc2nc(CCCl)n(C3CCCCC3)c2n1. The number of pyridine rings is 1. The van der Waals surface area contributed by atoms with Gasteiger partial charge < -0.3 is 4.57 Å². The first kappa shape index (κ1) is 12.9. The minimum absolute atomic E-state index is 0.561. The first-order valence-electron chi connectivity index (χ1n) is 7.20. The van der Waals surface area contributed by atoms with Crippen LogP contribution >= 0.6 is 11.6 Å². The van der Waals surface area contributed by atoms with E-state index in [-0.39, 0.29) is 0 Å². The maximum absolute atomic E-state index is 5.93. The lowest BCUT2D eigenvalue weighted by atomic mass is 9.95. The zero-order chi connectivity index (χ0) is 13.2. The highest BCUT2D eigenvalue weighted by atomic mass is 35.5. The predicted octanol–water partition coefficient (Wildman–Crippen LogP) is 4.03. The van der Waals surface area contributed by atoms with Crippen LogP contribution in [0.25, 0.3) is 11.2 Å². The molecule has 2 aromatic heterocycles. The van der Waals surface area contributed by atoms with E-state index >= 15 is 0 Å². The Labute approximate surface area is 119 Å². The Kier molecular flexibility index (Phi) is 3.74. The number of aryl methyl sites for hydroxylation is 2. The molecule has 0 bridgehead atoms. The van der Waals surface area contributed by atoms with Crippen molar-refractivity contribution in [1.29, 1.82) is 0 Å². The largest absolute Gasteiger partial charge is 0.310 e. The molecule has 102 valence electrons. The maximum Gasteiger partial charge on any atom is 0.160 e. The smallest absolute Gasteiger partial charge is 0.160 e. The van der Waals surface area contributed by atoms with Gasteiger partial charge in [0.2, 0.25) is 0 Å². The molecule has 1 aliphatic carbocycles. The topological polar surface area (TPSA) is 30.7 Å². The fraction of sp³-hybridized carbons (Fsp3) is 0.600. The Morgan fingerprint density at radius 1 is 1.21 bits per heavy atom. The second-order valence-electron chi connectivity index (χ2n) is 5.42. The third-order valence-electron chi connectivity index (χ3n) is 4.01. The van der Waals surface area contributed by atoms with Crippen molar-refractivity contribution in [2.24, 2.45) is 0 Å². The van der Waals surface area contributed by atoms with E-state index in [4.69, 9.17) is 21.6 Å². The quantitative estimate of drug-likeness (QED) is 0.793. The molecule has 0 saturated heterocycles. The van der Waals surface area contributed by atoms with Gasteiger partial charge >= 0.3 is 0 Å². The van der Waals surface area contributed by atoms with Crippen molar-refractivity contribution in [3.05, 3.63) is 23.7 Å². The molecule has 2 aromatic rings. The molecule has 0 atom stereocenters. The summed E-state index contributed by atoms with van der Waals surface area (Å²) in [7, 11) is 0. The minimum Gasteiger partial charge on any atom is -0.310 e. The van der Waals surface area contributed by atoms with Crippen LogP contribution < -0.4 is 0 Å². The molecule has 0 radical (unpaired) electrons. The molecule has 0 N–H and O–H groups in total. The molecule has 1 fully saturated rings. The summed E-state index contributed by atoms with van der Waals surface area (Å²) in [5, 5.41) is 0. The number of hydrogen-bond acceptors (Lipinski definition) is 2. The van der Waals surface area contributed by atoms with Gasteiger partial charge in [0.1, 0.15) is 11.3 Å². The van der Waals surface area contributed by atoms with Gasteiger partial charge in [-0.2, -0.15) is 0 Å². The molecule has 3 rings (SSSR count). The van der Waals surface area contributed by atoms with Crippen LogP contribution in [0.3, 0.4) is 0 Å². The van der Waals surface area contributed by atoms with E-state index in [1.54, 1.807) is 0 Å². The Balaban J connectivity index is 2.11. The van der Waals surface area contributed by atoms with E-state index in [2.05, 4.69) is 10.6 Å². The van der Waals surface area contributed by atoms with Gasteiger partial charge in [0, 0.05) is 24.0 Å². The van der Waals surface area contributed by atoms with Crippen molar-refractivity contribution in [3.63, 3.8) is 0 Å². The lowest BCUT2D eigenvalue weighted by Gasteiger charge is -2.25. The first-order chi connectivity index (χ1) is 9.29. The summed E-state index contributed by atoms with van der Waals surface area (Å²) in [6.45, 7) is 2.04. The number of nitrogens with zero attached hydrogens (tertiary/aromatic N) is 3. The lowest BCUT2D eigenvalue weighted by Crippen LogP contribution is -2.16. The van der Waals surface area contributed by atoms with E-state index in [1.165, 1.54) is 32.1 Å². The van der Waals surface area contributed by atoms with E-state index in [9.17, 15) is 0 Å². The first-order valence-corrected chi connectivity index (χ1v) is 7.73. The van der Waals surface area contributed by atoms with Crippen LogP contribution in [0.1, 0.15) is 49.7 Å². The minimum atomic E-state index is 0.561. The van der Waals surface area contributed by atoms with Crippen molar-refractivity contribution in [3.8, 4) is 0 Å². The van der Waals surface area contributed by atoms with Gasteiger partial charge in [0.15, 0.2) is 5.65 Å². The third-order valence-corrected chi connectivity index (χ3v) is 4.20. The van der Waals surface area contributed by atoms with Crippen LogP contribution in [0.5, 0.6) is 0 Å². The number of fused-ring (bicyclic) bond motifs is 1. The molecule has 2 heterocycles. The van der Waals surface area contributed by atoms with E-state index in [0.29, 0.717) is 11.9 Å². The zero-order valence-electron chi connectivity index (χ0n) is 11.4. The fourth-order valence-corrected chi connectivity index (χ4v) is 3.27. The maximum atomic E-state index is 5.93. The lowest BCUT2D eigenvalue weighted by molar-refractivity contribution is 0.352. The van der Waals surface area contributed by atoms with Crippen molar-refractivity contribution in [2.75, 3.05) is 5.88 Å². The van der Waals surface area contributed by atoms with Gasteiger partial charge in [0.25, 0.3) is 0 Å². The Morgan fingerprint density at radius 2 is 2.00 bits per heavy atom. The fourth-order valence-electron chi connectivity index (χ4n) is 3.10. The van der Waals surface area contributed by atoms with Crippen LogP contribution in [0.4, 0.5) is 0 Å². The molecular weight excluding hydrogens is 258 g/mol. The van der Waals surface area contributed by atoms with Gasteiger partial charge in [0.05, 0.1) is 0 Å². The van der Waals surface area contributed by atoms with Crippen LogP contribution in [-0.2, 0) is 6.42 Å². The van der Waals surface area contributed by atoms with Gasteiger partial charge in [-0.3, -0.25) is 0 Å². The normalized spacial score (nSPS) is 17.2. The zero-order valence-corrected chi connectivity index (χ0v) is 12.2. The van der Waals surface area contributed by atoms with Gasteiger partial charge in [-0.05, 0) is 31.9 Å². The van der Waals surface area contributed by atoms with Crippen LogP contribution in [0, 0.1) is 6.92 Å². The van der Waals surface area contributed by atoms with Crippen LogP contribution in [0.2, 0.25) is 0 Å². The second kappa shape index (κ2) is 5.49. The number of halogens is 1. The highest BCUT2D eigenvalue weighted by Crippen LogP contribution is 2.32. The van der Waals surface area contributed by atoms with Crippen molar-refractivity contribution in [2.45, 2.75) is 51.5 Å². The highest BCUT2D eigenvalue weighted by Gasteiger charge is 2.21. The number of rotatable bonds is 3. The Morgan fingerprint density at radius 3 is 2.74 bits per heavy atom. The standard InChI is InChI=1S/C15H20ClN3/c1-11-7-8-13-15(17-11)19(14(18-13)9-10-16)12-5-3-2-4-6-12/h7-8,12H,2-6,9-10H2,1H3. The summed E-state index contributed by atoms with van der Waals surface area (Å²) in [6.07, 6.45) is 7.31. The van der Waals surface area contributed by atoms with E-state index in [1.807, 2.05) is 13.0 Å². The molecule has 0 unspecified atom stereocenters. The van der Waals surface area contributed by atoms with E-state index < -0.39 is 0 Å². The van der Waals surface area contributed by atoms with Crippen molar-refractivity contribution >= 4 is 22.8 Å². The summed E-state index contributed by atoms with van der Waals surface area (Å²) in [5.41, 5.74) is 3.12. The molecule has 19 heavy (non-hydrogen) atoms. The van der Waals surface area contributed by atoms with Crippen LogP contribution in [0.15, 0.2) is 12.1 Å². The van der Waals surface area contributed by atoms with E-state index in [0.717, 1.165) is 29.1 Å². The van der Waals surface area contributed by atoms with Crippen molar-refractivity contribution in [1.82, 2.24) is 14.5 Å². The number of aromatic nitrogens is 3. The predicted molar refractivity (Wildman–Crippen MR) is 78.8 cm³/mol. The Hall–Kier alpha value is -1.09. The summed E-state index contributed by atoms with van der Waals surface area (Å²) in [5.74, 6) is 1.73.